The van der Waals surface area contributed by atoms with Crippen molar-refractivity contribution >= 4 is 21.6 Å². The average molecular weight is 338 g/mol. The lowest BCUT2D eigenvalue weighted by Gasteiger charge is -2.20. The van der Waals surface area contributed by atoms with Crippen molar-refractivity contribution in [2.75, 3.05) is 5.32 Å². The number of hydrogen-bond acceptors (Lipinski definition) is 1. The topological polar surface area (TPSA) is 12.0 Å². The van der Waals surface area contributed by atoms with Gasteiger partial charge in [0.2, 0.25) is 0 Å². The fourth-order valence-electron chi connectivity index (χ4n) is 1.80. The summed E-state index contributed by atoms with van der Waals surface area (Å²) in [7, 11) is 0. The highest BCUT2D eigenvalue weighted by Gasteiger charge is 2.33. The zero-order valence-electron chi connectivity index (χ0n) is 11.3. The van der Waals surface area contributed by atoms with Crippen molar-refractivity contribution in [1.29, 1.82) is 0 Å². The van der Waals surface area contributed by atoms with Crippen molar-refractivity contribution in [3.63, 3.8) is 0 Å². The Kier molecular flexibility index (Phi) is 5.71. The summed E-state index contributed by atoms with van der Waals surface area (Å²) in [5.74, 6) is 0.550. The highest BCUT2D eigenvalue weighted by molar-refractivity contribution is 9.10. The smallest absolute Gasteiger partial charge is 0.382 e. The summed E-state index contributed by atoms with van der Waals surface area (Å²) in [4.78, 5) is 0. The highest BCUT2D eigenvalue weighted by Crippen LogP contribution is 2.36. The molecule has 0 saturated heterocycles. The third-order valence-corrected chi connectivity index (χ3v) is 3.36. The zero-order valence-corrected chi connectivity index (χ0v) is 12.9. The van der Waals surface area contributed by atoms with Crippen LogP contribution in [-0.2, 0) is 6.18 Å². The number of hydrogen-bond donors (Lipinski definition) is 1. The molecule has 108 valence electrons. The second-order valence-electron chi connectivity index (χ2n) is 5.20. The molecule has 0 heterocycles. The molecule has 1 N–H and O–H groups in total. The van der Waals surface area contributed by atoms with Crippen LogP contribution in [-0.4, -0.2) is 6.04 Å². The molecule has 1 aromatic carbocycles. The molecule has 0 amide bonds. The summed E-state index contributed by atoms with van der Waals surface area (Å²) in [6, 6.07) is 4.00. The van der Waals surface area contributed by atoms with Crippen molar-refractivity contribution in [2.45, 2.75) is 45.8 Å². The summed E-state index contributed by atoms with van der Waals surface area (Å²) < 4.78 is 39.3. The van der Waals surface area contributed by atoms with Crippen molar-refractivity contribution in [3.8, 4) is 0 Å². The average Bonchev–Trinajstić information content (AvgIpc) is 2.24. The molecule has 1 atom stereocenters. The molecule has 0 saturated carbocycles. The maximum Gasteiger partial charge on any atom is 0.418 e. The first-order valence-electron chi connectivity index (χ1n) is 6.33. The van der Waals surface area contributed by atoms with E-state index in [0.29, 0.717) is 10.4 Å². The van der Waals surface area contributed by atoms with Crippen molar-refractivity contribution < 1.29 is 13.2 Å². The number of benzene rings is 1. The third kappa shape index (κ3) is 5.43. The van der Waals surface area contributed by atoms with Gasteiger partial charge in [-0.05, 0) is 43.9 Å². The molecule has 1 unspecified atom stereocenters. The number of alkyl halides is 3. The van der Waals surface area contributed by atoms with Gasteiger partial charge in [0, 0.05) is 16.2 Å². The molecule has 0 bridgehead atoms. The minimum Gasteiger partial charge on any atom is -0.382 e. The molecule has 1 rings (SSSR count). The highest BCUT2D eigenvalue weighted by atomic mass is 79.9. The quantitative estimate of drug-likeness (QED) is 0.726. The maximum atomic E-state index is 12.9. The second-order valence-corrected chi connectivity index (χ2v) is 6.12. The Bertz CT molecular complexity index is 416. The number of rotatable bonds is 5. The number of nitrogens with one attached hydrogen (secondary N) is 1. The van der Waals surface area contributed by atoms with Crippen molar-refractivity contribution in [2.24, 2.45) is 5.92 Å². The standard InChI is InChI=1S/C14H19BrF3N/c1-9(2)4-5-10(3)19-13-8-11(15)6-7-12(13)14(16,17)18/h6-10,19H,4-5H2,1-3H3. The predicted molar refractivity (Wildman–Crippen MR) is 76.3 cm³/mol. The van der Waals surface area contributed by atoms with E-state index in [4.69, 9.17) is 0 Å². The molecule has 0 aliphatic heterocycles. The Morgan fingerprint density at radius 2 is 1.79 bits per heavy atom. The third-order valence-electron chi connectivity index (χ3n) is 2.87. The molecule has 0 aliphatic carbocycles. The van der Waals surface area contributed by atoms with Crippen LogP contribution in [0.3, 0.4) is 0 Å². The van der Waals surface area contributed by atoms with Gasteiger partial charge in [-0.15, -0.1) is 0 Å². The van der Waals surface area contributed by atoms with Gasteiger partial charge in [-0.2, -0.15) is 13.2 Å². The van der Waals surface area contributed by atoms with Crippen LogP contribution in [0.15, 0.2) is 22.7 Å². The van der Waals surface area contributed by atoms with E-state index in [1.54, 1.807) is 0 Å². The zero-order chi connectivity index (χ0) is 14.6. The molecule has 0 spiro atoms. The van der Waals surface area contributed by atoms with Crippen LogP contribution in [0.4, 0.5) is 18.9 Å². The van der Waals surface area contributed by atoms with E-state index in [0.717, 1.165) is 18.9 Å². The first-order valence-corrected chi connectivity index (χ1v) is 7.12. The van der Waals surface area contributed by atoms with Gasteiger partial charge in [-0.1, -0.05) is 29.8 Å². The molecule has 0 aromatic heterocycles. The van der Waals surface area contributed by atoms with Crippen molar-refractivity contribution in [1.82, 2.24) is 0 Å². The van der Waals surface area contributed by atoms with Crippen molar-refractivity contribution in [3.05, 3.63) is 28.2 Å². The molecule has 0 radical (unpaired) electrons. The van der Waals surface area contributed by atoms with Gasteiger partial charge in [0.25, 0.3) is 0 Å². The first kappa shape index (κ1) is 16.3. The summed E-state index contributed by atoms with van der Waals surface area (Å²) in [6.45, 7) is 6.11. The van der Waals surface area contributed by atoms with Gasteiger partial charge >= 0.3 is 6.18 Å². The minimum absolute atomic E-state index is 0.0119. The normalized spacial score (nSPS) is 13.7. The van der Waals surface area contributed by atoms with Gasteiger partial charge in [0.05, 0.1) is 5.56 Å². The monoisotopic (exact) mass is 337 g/mol. The molecule has 5 heteroatoms. The lowest BCUT2D eigenvalue weighted by atomic mass is 10.0. The molecular formula is C14H19BrF3N. The second kappa shape index (κ2) is 6.64. The lowest BCUT2D eigenvalue weighted by molar-refractivity contribution is -0.137. The van der Waals surface area contributed by atoms with Crippen LogP contribution >= 0.6 is 15.9 Å². The summed E-state index contributed by atoms with van der Waals surface area (Å²) in [5, 5.41) is 2.96. The van der Waals surface area contributed by atoms with Crippen LogP contribution in [0, 0.1) is 5.92 Å². The van der Waals surface area contributed by atoms with Crippen LogP contribution in [0.25, 0.3) is 0 Å². The summed E-state index contributed by atoms with van der Waals surface area (Å²) in [5.41, 5.74) is -0.481. The van der Waals surface area contributed by atoms with Crippen LogP contribution in [0.5, 0.6) is 0 Å². The predicted octanol–water partition coefficient (Wildman–Crippen LogP) is 5.70. The van der Waals surface area contributed by atoms with E-state index in [1.165, 1.54) is 12.1 Å². The first-order chi connectivity index (χ1) is 8.70. The SMILES string of the molecule is CC(C)CCC(C)Nc1cc(Br)ccc1C(F)(F)F. The minimum atomic E-state index is -4.33. The van der Waals surface area contributed by atoms with Crippen LogP contribution < -0.4 is 5.32 Å². The molecule has 19 heavy (non-hydrogen) atoms. The Morgan fingerprint density at radius 1 is 1.16 bits per heavy atom. The van der Waals surface area contributed by atoms with E-state index in [2.05, 4.69) is 35.1 Å². The van der Waals surface area contributed by atoms with Gasteiger partial charge in [0.1, 0.15) is 0 Å². The van der Waals surface area contributed by atoms with Gasteiger partial charge in [-0.3, -0.25) is 0 Å². The molecule has 0 fully saturated rings. The summed E-state index contributed by atoms with van der Waals surface area (Å²) >= 11 is 3.21. The van der Waals surface area contributed by atoms with E-state index in [-0.39, 0.29) is 11.7 Å². The lowest BCUT2D eigenvalue weighted by Crippen LogP contribution is -2.19. The number of anilines is 1. The molecule has 0 aliphatic rings. The Balaban J connectivity index is 2.84. The molecule has 1 nitrogen and oxygen atoms in total. The number of halogens is 4. The van der Waals surface area contributed by atoms with Gasteiger partial charge in [0.15, 0.2) is 0 Å². The fraction of sp³-hybridized carbons (Fsp3) is 0.571. The fourth-order valence-corrected chi connectivity index (χ4v) is 2.17. The molecule has 1 aromatic rings. The molecular weight excluding hydrogens is 319 g/mol. The Hall–Kier alpha value is -0.710. The Morgan fingerprint density at radius 3 is 2.32 bits per heavy atom. The Labute approximate surface area is 120 Å². The van der Waals surface area contributed by atoms with Gasteiger partial charge < -0.3 is 5.32 Å². The van der Waals surface area contributed by atoms with Gasteiger partial charge in [-0.25, -0.2) is 0 Å². The van der Waals surface area contributed by atoms with E-state index >= 15 is 0 Å². The van der Waals surface area contributed by atoms with E-state index < -0.39 is 11.7 Å². The maximum absolute atomic E-state index is 12.9. The van der Waals surface area contributed by atoms with E-state index in [1.807, 2.05) is 6.92 Å². The van der Waals surface area contributed by atoms with Crippen LogP contribution in [0.2, 0.25) is 0 Å². The van der Waals surface area contributed by atoms with E-state index in [9.17, 15) is 13.2 Å². The summed E-state index contributed by atoms with van der Waals surface area (Å²) in [6.07, 6.45) is -2.49. The van der Waals surface area contributed by atoms with Crippen LogP contribution in [0.1, 0.15) is 39.2 Å². The largest absolute Gasteiger partial charge is 0.418 e.